The van der Waals surface area contributed by atoms with Gasteiger partial charge in [-0.15, -0.1) is 0 Å². The zero-order valence-corrected chi connectivity index (χ0v) is 74.4. The van der Waals surface area contributed by atoms with Gasteiger partial charge in [0.15, 0.2) is 29.1 Å². The third-order valence-electron chi connectivity index (χ3n) is 16.9. The van der Waals surface area contributed by atoms with E-state index in [1.807, 2.05) is 140 Å². The Labute approximate surface area is 725 Å². The molecule has 2 heterocycles. The zero-order chi connectivity index (χ0) is 91.5. The largest absolute Gasteiger partial charge is 0.497 e. The molecular formula is C93H132N10O20. The van der Waals surface area contributed by atoms with Crippen LogP contribution in [0.3, 0.4) is 0 Å². The number of methoxy groups -OCH3 is 6. The Morgan fingerprint density at radius 2 is 0.805 bits per heavy atom. The van der Waals surface area contributed by atoms with E-state index in [9.17, 15) is 0 Å². The maximum absolute atomic E-state index is 8.85. The smallest absolute Gasteiger partial charge is 0.231 e. The minimum atomic E-state index is -0.283. The van der Waals surface area contributed by atoms with Crippen LogP contribution in [0.2, 0.25) is 0 Å². The summed E-state index contributed by atoms with van der Waals surface area (Å²) in [7, 11) is 9.61. The Hall–Kier alpha value is -13.3. The molecule has 123 heavy (non-hydrogen) atoms. The molecule has 1 unspecified atom stereocenters. The lowest BCUT2D eigenvalue weighted by atomic mass is 10.0. The molecule has 674 valence electrons. The van der Waals surface area contributed by atoms with Crippen molar-refractivity contribution in [1.82, 2.24) is 0 Å². The summed E-state index contributed by atoms with van der Waals surface area (Å²) in [6, 6.07) is 51.5. The average molecular weight is 1710 g/mol. The predicted molar refractivity (Wildman–Crippen MR) is 494 cm³/mol. The first-order valence-corrected chi connectivity index (χ1v) is 39.8. The maximum atomic E-state index is 8.85. The van der Waals surface area contributed by atoms with E-state index in [1.54, 1.807) is 122 Å². The lowest BCUT2D eigenvalue weighted by Crippen LogP contribution is -2.32. The van der Waals surface area contributed by atoms with Gasteiger partial charge in [0, 0.05) is 30.3 Å². The quantitative estimate of drug-likeness (QED) is 0.0236. The number of hydrogen-bond acceptors (Lipinski definition) is 30. The normalized spacial score (nSPS) is 11.2. The standard InChI is InChI=1S/2C10H15NO2.3C10H15NO.C9H11NO3.C9H13NO3.C9H13NO2.C8H9NO3.C8H11NO2/c1-3-12-8-5-6-10(13-4-2)9(11)7-8;1-3-12-8-6-5-7-9(10(8)11)13-4-2;1-7(2)8-4-5-10(12-3)9(11)6-8;1-7(2)8-5-4-6-9(11)10(8)12-3;1-4-12-10-8(3)5-7(2)6-9(10)11;10-7-2-1-3-8-9(7)12-5-6(4-11)13-8;1-12-7-2-3-9(8(10)6-7)13-5-4-11;1-7-2-3-9(8(10)6-7)12-5-4-11;1-10-5-2-6(9)8-7(3-5)11-4-12-8;1-10-6-3-4-8(11-2)7(9)5-6/h2*5-7H,3-4,11H2,1-2H3;2*4-7H,11H2,1-3H3;5-6H,4,11H2,1-3H3;1-3,6,11H,4-5,10H2;2-3,6,11H,4-5,10H2,1H3;2-3,6,11H,4-5,10H2,1H3;2-3H,4,9H2,1H3;3-5H,9H2,1-2H3. The van der Waals surface area contributed by atoms with Crippen LogP contribution in [-0.4, -0.2) is 144 Å². The van der Waals surface area contributed by atoms with Gasteiger partial charge in [0.25, 0.3) is 0 Å². The molecule has 1 atom stereocenters. The van der Waals surface area contributed by atoms with Crippen molar-refractivity contribution in [3.05, 3.63) is 198 Å². The second-order valence-corrected chi connectivity index (χ2v) is 26.9. The van der Waals surface area contributed by atoms with E-state index in [1.165, 1.54) is 11.1 Å². The third-order valence-corrected chi connectivity index (χ3v) is 16.9. The molecule has 30 heteroatoms. The molecule has 0 spiro atoms. The number of aryl methyl sites for hydroxylation is 3. The summed E-state index contributed by atoms with van der Waals surface area (Å²) in [6.07, 6.45) is -0.283. The van der Waals surface area contributed by atoms with Gasteiger partial charge < -0.3 is 153 Å². The minimum absolute atomic E-state index is 0.00726. The monoisotopic (exact) mass is 1710 g/mol. The van der Waals surface area contributed by atoms with Crippen LogP contribution in [0.15, 0.2) is 170 Å². The summed E-state index contributed by atoms with van der Waals surface area (Å²) in [5, 5.41) is 25.9. The molecule has 0 aromatic heterocycles. The summed E-state index contributed by atoms with van der Waals surface area (Å²) >= 11 is 0. The van der Waals surface area contributed by atoms with Crippen LogP contribution in [-0.2, 0) is 0 Å². The minimum Gasteiger partial charge on any atom is -0.497 e. The Kier molecular flexibility index (Phi) is 48.1. The molecule has 10 aromatic carbocycles. The highest BCUT2D eigenvalue weighted by molar-refractivity contribution is 5.67. The van der Waals surface area contributed by atoms with Gasteiger partial charge in [0.05, 0.1) is 147 Å². The number of aliphatic hydroxyl groups is 3. The second-order valence-electron chi connectivity index (χ2n) is 26.9. The number of ether oxygens (including phenoxy) is 17. The number of nitrogens with two attached hydrogens (primary N) is 10. The first-order chi connectivity index (χ1) is 58.9. The van der Waals surface area contributed by atoms with Crippen LogP contribution >= 0.6 is 0 Å². The first-order valence-electron chi connectivity index (χ1n) is 39.8. The fraction of sp³-hybridized carbons (Fsp3) is 0.355. The molecule has 23 N–H and O–H groups in total. The molecule has 12 rings (SSSR count). The lowest BCUT2D eigenvalue weighted by molar-refractivity contribution is 0.0462. The van der Waals surface area contributed by atoms with Crippen LogP contribution < -0.4 is 138 Å². The highest BCUT2D eigenvalue weighted by Gasteiger charge is 2.22. The van der Waals surface area contributed by atoms with Gasteiger partial charge >= 0.3 is 0 Å². The van der Waals surface area contributed by atoms with Gasteiger partial charge in [-0.3, -0.25) is 0 Å². The summed E-state index contributed by atoms with van der Waals surface area (Å²) in [5.74, 6) is 12.6. The molecule has 0 bridgehead atoms. The molecule has 2 aliphatic heterocycles. The molecule has 0 amide bonds. The Balaban J connectivity index is 0.000000353. The molecule has 0 fully saturated rings. The van der Waals surface area contributed by atoms with Crippen LogP contribution in [0.25, 0.3) is 0 Å². The van der Waals surface area contributed by atoms with E-state index in [0.717, 1.165) is 51.1 Å². The van der Waals surface area contributed by atoms with Crippen molar-refractivity contribution in [1.29, 1.82) is 0 Å². The lowest BCUT2D eigenvalue weighted by Gasteiger charge is -2.25. The highest BCUT2D eigenvalue weighted by atomic mass is 16.7. The van der Waals surface area contributed by atoms with E-state index in [-0.39, 0.29) is 45.9 Å². The summed E-state index contributed by atoms with van der Waals surface area (Å²) in [6.45, 7) is 28.4. The fourth-order valence-electron chi connectivity index (χ4n) is 11.0. The Morgan fingerprint density at radius 1 is 0.350 bits per heavy atom. The van der Waals surface area contributed by atoms with Crippen LogP contribution in [0, 0.1) is 20.8 Å². The van der Waals surface area contributed by atoms with Crippen molar-refractivity contribution in [2.24, 2.45) is 0 Å². The molecule has 0 saturated carbocycles. The fourth-order valence-corrected chi connectivity index (χ4v) is 11.0. The number of nitrogen functional groups attached to an aromatic ring is 10. The van der Waals surface area contributed by atoms with Crippen LogP contribution in [0.4, 0.5) is 56.9 Å². The van der Waals surface area contributed by atoms with Gasteiger partial charge in [-0.25, -0.2) is 0 Å². The molecule has 0 radical (unpaired) electrons. The average Bonchev–Trinajstić information content (AvgIpc) is 1.77. The van der Waals surface area contributed by atoms with Gasteiger partial charge in [-0.2, -0.15) is 0 Å². The van der Waals surface area contributed by atoms with Crippen molar-refractivity contribution >= 4 is 56.9 Å². The number of fused-ring (bicyclic) bond motifs is 2. The Morgan fingerprint density at radius 3 is 1.28 bits per heavy atom. The molecule has 2 aliphatic rings. The summed E-state index contributed by atoms with van der Waals surface area (Å²) < 4.78 is 88.1. The van der Waals surface area contributed by atoms with E-state index in [0.29, 0.717) is 172 Å². The first kappa shape index (κ1) is 104. The van der Waals surface area contributed by atoms with Gasteiger partial charge in [0.1, 0.15) is 100 Å². The summed E-state index contributed by atoms with van der Waals surface area (Å²) in [5.41, 5.74) is 69.0. The van der Waals surface area contributed by atoms with Crippen LogP contribution in [0.1, 0.15) is 102 Å². The van der Waals surface area contributed by atoms with E-state index in [4.69, 9.17) is 153 Å². The van der Waals surface area contributed by atoms with Crippen molar-refractivity contribution in [3.8, 4) is 97.7 Å². The van der Waals surface area contributed by atoms with Crippen molar-refractivity contribution in [2.45, 2.75) is 101 Å². The molecule has 30 nitrogen and oxygen atoms in total. The van der Waals surface area contributed by atoms with E-state index in [2.05, 4.69) is 33.8 Å². The highest BCUT2D eigenvalue weighted by Crippen LogP contribution is 2.42. The number of para-hydroxylation sites is 3. The van der Waals surface area contributed by atoms with Crippen LogP contribution in [0.5, 0.6) is 97.7 Å². The topological polar surface area (TPSA) is 478 Å². The van der Waals surface area contributed by atoms with E-state index < -0.39 is 0 Å². The number of anilines is 10. The molecule has 0 saturated heterocycles. The predicted octanol–water partition coefficient (Wildman–Crippen LogP) is 15.5. The molecule has 0 aliphatic carbocycles. The van der Waals surface area contributed by atoms with Crippen molar-refractivity contribution < 1.29 is 95.8 Å². The number of rotatable bonds is 25. The second kappa shape index (κ2) is 57.0. The number of benzene rings is 10. The van der Waals surface area contributed by atoms with E-state index >= 15 is 0 Å². The van der Waals surface area contributed by atoms with Gasteiger partial charge in [-0.05, 0) is 192 Å². The SMILES string of the molecule is CCOc1c(C)cc(C)cc1N.CCOc1ccc(OCC)c(N)c1.CCOc1cccc(OCC)c1N.COc1c(N)cccc1C(C)C.COc1cc(N)c2c(c1)OCO2.COc1ccc(C(C)C)cc1N.COc1ccc(OC)c(N)c1.COc1ccc(OCCO)c(N)c1.Cc1ccc(OCCO)c(N)c1.Nc1cccc2c1OCC(CO)O2. The third kappa shape index (κ3) is 35.9. The Bertz CT molecular complexity index is 4670. The van der Waals surface area contributed by atoms with Crippen molar-refractivity contribution in [3.63, 3.8) is 0 Å². The molecule has 10 aromatic rings. The maximum Gasteiger partial charge on any atom is 0.231 e. The van der Waals surface area contributed by atoms with Crippen molar-refractivity contribution in [2.75, 3.05) is 179 Å². The zero-order valence-electron chi connectivity index (χ0n) is 74.4. The molecular weight excluding hydrogens is 1580 g/mol. The number of aliphatic hydroxyl groups excluding tert-OH is 3. The van der Waals surface area contributed by atoms with Gasteiger partial charge in [0.2, 0.25) is 6.79 Å². The summed E-state index contributed by atoms with van der Waals surface area (Å²) in [4.78, 5) is 0. The van der Waals surface area contributed by atoms with Gasteiger partial charge in [-0.1, -0.05) is 70.2 Å². The number of hydrogen-bond donors (Lipinski definition) is 13.